The van der Waals surface area contributed by atoms with Gasteiger partial charge >= 0.3 is 0 Å². The van der Waals surface area contributed by atoms with E-state index in [4.69, 9.17) is 5.73 Å². The van der Waals surface area contributed by atoms with Crippen LogP contribution < -0.4 is 5.73 Å². The van der Waals surface area contributed by atoms with E-state index >= 15 is 0 Å². The molecule has 0 aromatic carbocycles. The van der Waals surface area contributed by atoms with Crippen molar-refractivity contribution in [1.82, 2.24) is 9.80 Å². The molecule has 3 unspecified atom stereocenters. The summed E-state index contributed by atoms with van der Waals surface area (Å²) >= 11 is 0. The third-order valence-corrected chi connectivity index (χ3v) is 4.28. The molecular formula is C16H35N3. The van der Waals surface area contributed by atoms with Crippen molar-refractivity contribution >= 4 is 0 Å². The summed E-state index contributed by atoms with van der Waals surface area (Å²) in [7, 11) is 4.31. The van der Waals surface area contributed by atoms with Crippen LogP contribution in [0.4, 0.5) is 0 Å². The van der Waals surface area contributed by atoms with Crippen molar-refractivity contribution < 1.29 is 0 Å². The largest absolute Gasteiger partial charge is 0.327 e. The molecule has 1 aliphatic rings. The van der Waals surface area contributed by atoms with Gasteiger partial charge < -0.3 is 15.5 Å². The van der Waals surface area contributed by atoms with Crippen LogP contribution in [0.2, 0.25) is 0 Å². The summed E-state index contributed by atoms with van der Waals surface area (Å²) < 4.78 is 0. The van der Waals surface area contributed by atoms with Crippen LogP contribution in [0.15, 0.2) is 0 Å². The first kappa shape index (κ1) is 16.9. The lowest BCUT2D eigenvalue weighted by Gasteiger charge is -2.37. The lowest BCUT2D eigenvalue weighted by Crippen LogP contribution is -2.45. The summed E-state index contributed by atoms with van der Waals surface area (Å²) in [5.74, 6) is 2.30. The monoisotopic (exact) mass is 269 g/mol. The van der Waals surface area contributed by atoms with E-state index in [1.165, 1.54) is 38.9 Å². The molecule has 3 nitrogen and oxygen atoms in total. The number of nitrogens with zero attached hydrogens (tertiary/aromatic N) is 2. The Labute approximate surface area is 120 Å². The first-order valence-electron chi connectivity index (χ1n) is 8.01. The number of likely N-dealkylation sites (N-methyl/N-ethyl adjacent to an activating group) is 1. The zero-order chi connectivity index (χ0) is 14.4. The fraction of sp³-hybridized carbons (Fsp3) is 1.00. The van der Waals surface area contributed by atoms with E-state index in [-0.39, 0.29) is 0 Å². The highest BCUT2D eigenvalue weighted by Crippen LogP contribution is 2.28. The van der Waals surface area contributed by atoms with Crippen LogP contribution in [0.25, 0.3) is 0 Å². The quantitative estimate of drug-likeness (QED) is 0.769. The smallest absolute Gasteiger partial charge is 0.0109 e. The zero-order valence-corrected chi connectivity index (χ0v) is 13.7. The molecule has 0 amide bonds. The Morgan fingerprint density at radius 2 is 1.84 bits per heavy atom. The van der Waals surface area contributed by atoms with Gasteiger partial charge in [-0.1, -0.05) is 20.8 Å². The highest BCUT2D eigenvalue weighted by atomic mass is 15.2. The van der Waals surface area contributed by atoms with Gasteiger partial charge in [0.05, 0.1) is 0 Å². The molecule has 0 bridgehead atoms. The maximum absolute atomic E-state index is 6.34. The average molecular weight is 269 g/mol. The fourth-order valence-corrected chi connectivity index (χ4v) is 3.18. The van der Waals surface area contributed by atoms with Gasteiger partial charge in [-0.15, -0.1) is 0 Å². The molecule has 0 aromatic heterocycles. The van der Waals surface area contributed by atoms with E-state index in [9.17, 15) is 0 Å². The van der Waals surface area contributed by atoms with Crippen molar-refractivity contribution in [3.8, 4) is 0 Å². The van der Waals surface area contributed by atoms with Gasteiger partial charge in [-0.25, -0.2) is 0 Å². The van der Waals surface area contributed by atoms with Crippen molar-refractivity contribution in [3.63, 3.8) is 0 Å². The van der Waals surface area contributed by atoms with E-state index in [2.05, 4.69) is 44.7 Å². The molecule has 3 atom stereocenters. The number of hydrogen-bond donors (Lipinski definition) is 1. The molecule has 0 radical (unpaired) electrons. The van der Waals surface area contributed by atoms with Gasteiger partial charge in [0.2, 0.25) is 0 Å². The lowest BCUT2D eigenvalue weighted by molar-refractivity contribution is 0.142. The molecule has 1 saturated carbocycles. The Morgan fingerprint density at radius 3 is 2.42 bits per heavy atom. The SMILES string of the molecule is CC(C)CN(CCN(C)C)CC1CC(C)CCC1N. The average Bonchev–Trinajstić information content (AvgIpc) is 2.30. The van der Waals surface area contributed by atoms with Gasteiger partial charge in [0, 0.05) is 32.2 Å². The molecule has 0 heterocycles. The summed E-state index contributed by atoms with van der Waals surface area (Å²) in [6.07, 6.45) is 3.85. The third-order valence-electron chi connectivity index (χ3n) is 4.28. The van der Waals surface area contributed by atoms with Gasteiger partial charge in [0.15, 0.2) is 0 Å². The standard InChI is InChI=1S/C16H35N3/c1-13(2)11-19(9-8-18(4)5)12-15-10-14(3)6-7-16(15)17/h13-16H,6-12,17H2,1-5H3. The summed E-state index contributed by atoms with van der Waals surface area (Å²) in [4.78, 5) is 4.91. The predicted octanol–water partition coefficient (Wildman–Crippen LogP) is 2.27. The molecule has 0 aliphatic heterocycles. The molecule has 2 N–H and O–H groups in total. The first-order valence-corrected chi connectivity index (χ1v) is 8.01. The normalized spacial score (nSPS) is 28.6. The van der Waals surface area contributed by atoms with E-state index in [0.717, 1.165) is 18.4 Å². The molecule has 1 fully saturated rings. The van der Waals surface area contributed by atoms with Gasteiger partial charge in [-0.2, -0.15) is 0 Å². The molecule has 0 saturated heterocycles. The van der Waals surface area contributed by atoms with Crippen LogP contribution in [0.1, 0.15) is 40.0 Å². The highest BCUT2D eigenvalue weighted by molar-refractivity contribution is 4.83. The van der Waals surface area contributed by atoms with Crippen LogP contribution in [-0.2, 0) is 0 Å². The molecule has 0 aromatic rings. The minimum Gasteiger partial charge on any atom is -0.327 e. The van der Waals surface area contributed by atoms with Crippen LogP contribution in [0, 0.1) is 17.8 Å². The third kappa shape index (κ3) is 6.73. The number of hydrogen-bond acceptors (Lipinski definition) is 3. The predicted molar refractivity (Wildman–Crippen MR) is 84.3 cm³/mol. The summed E-state index contributed by atoms with van der Waals surface area (Å²) in [5.41, 5.74) is 6.34. The molecule has 1 aliphatic carbocycles. The Hall–Kier alpha value is -0.120. The zero-order valence-electron chi connectivity index (χ0n) is 13.7. The van der Waals surface area contributed by atoms with Crippen LogP contribution in [-0.4, -0.2) is 56.1 Å². The fourth-order valence-electron chi connectivity index (χ4n) is 3.18. The maximum Gasteiger partial charge on any atom is 0.0109 e. The Bertz CT molecular complexity index is 240. The topological polar surface area (TPSA) is 32.5 Å². The van der Waals surface area contributed by atoms with Crippen molar-refractivity contribution in [1.29, 1.82) is 0 Å². The van der Waals surface area contributed by atoms with E-state index in [0.29, 0.717) is 12.0 Å². The first-order chi connectivity index (χ1) is 8.88. The van der Waals surface area contributed by atoms with E-state index < -0.39 is 0 Å². The molecule has 19 heavy (non-hydrogen) atoms. The van der Waals surface area contributed by atoms with Crippen LogP contribution in [0.5, 0.6) is 0 Å². The second-order valence-electron chi connectivity index (χ2n) is 7.30. The summed E-state index contributed by atoms with van der Waals surface area (Å²) in [6, 6.07) is 0.421. The lowest BCUT2D eigenvalue weighted by atomic mass is 9.79. The van der Waals surface area contributed by atoms with Crippen molar-refractivity contribution in [2.75, 3.05) is 40.3 Å². The van der Waals surface area contributed by atoms with Gasteiger partial charge in [-0.3, -0.25) is 0 Å². The van der Waals surface area contributed by atoms with E-state index in [1.807, 2.05) is 0 Å². The molecule has 0 spiro atoms. The van der Waals surface area contributed by atoms with E-state index in [1.54, 1.807) is 0 Å². The molecule has 3 heteroatoms. The van der Waals surface area contributed by atoms with Gasteiger partial charge in [-0.05, 0) is 51.1 Å². The second kappa shape index (κ2) is 8.23. The number of rotatable bonds is 7. The summed E-state index contributed by atoms with van der Waals surface area (Å²) in [5, 5.41) is 0. The molecule has 114 valence electrons. The summed E-state index contributed by atoms with van der Waals surface area (Å²) in [6.45, 7) is 11.7. The van der Waals surface area contributed by atoms with Crippen LogP contribution >= 0.6 is 0 Å². The minimum atomic E-state index is 0.421. The van der Waals surface area contributed by atoms with Crippen molar-refractivity contribution in [3.05, 3.63) is 0 Å². The Morgan fingerprint density at radius 1 is 1.16 bits per heavy atom. The second-order valence-corrected chi connectivity index (χ2v) is 7.30. The van der Waals surface area contributed by atoms with Crippen LogP contribution in [0.3, 0.4) is 0 Å². The highest BCUT2D eigenvalue weighted by Gasteiger charge is 2.27. The van der Waals surface area contributed by atoms with Crippen molar-refractivity contribution in [2.45, 2.75) is 46.1 Å². The number of nitrogens with two attached hydrogens (primary N) is 1. The maximum atomic E-state index is 6.34. The molecule has 1 rings (SSSR count). The molecular weight excluding hydrogens is 234 g/mol. The van der Waals surface area contributed by atoms with Gasteiger partial charge in [0.1, 0.15) is 0 Å². The Kier molecular flexibility index (Phi) is 7.33. The Balaban J connectivity index is 2.49. The van der Waals surface area contributed by atoms with Gasteiger partial charge in [0.25, 0.3) is 0 Å². The minimum absolute atomic E-state index is 0.421. The van der Waals surface area contributed by atoms with Crippen molar-refractivity contribution in [2.24, 2.45) is 23.5 Å².